The lowest BCUT2D eigenvalue weighted by Gasteiger charge is -2.13. The summed E-state index contributed by atoms with van der Waals surface area (Å²) in [5.41, 5.74) is 1.96. The summed E-state index contributed by atoms with van der Waals surface area (Å²) in [5, 5.41) is 20.3. The summed E-state index contributed by atoms with van der Waals surface area (Å²) in [4.78, 5) is 11.1. The summed E-state index contributed by atoms with van der Waals surface area (Å²) in [6, 6.07) is 0. The first kappa shape index (κ1) is 17.3. The van der Waals surface area contributed by atoms with E-state index in [4.69, 9.17) is 11.6 Å². The molecule has 0 fully saturated rings. The molecule has 0 aliphatic carbocycles. The van der Waals surface area contributed by atoms with Crippen LogP contribution in [0.15, 0.2) is 23.8 Å². The molecule has 0 atom stereocenters. The number of rotatable bonds is 6. The Hall–Kier alpha value is -1.74. The van der Waals surface area contributed by atoms with Crippen molar-refractivity contribution in [3.8, 4) is 11.5 Å². The molecule has 0 saturated heterocycles. The molecule has 1 aromatic carbocycles. The van der Waals surface area contributed by atoms with E-state index in [9.17, 15) is 15.0 Å². The topological polar surface area (TPSA) is 57.5 Å². The third kappa shape index (κ3) is 4.11. The Morgan fingerprint density at radius 2 is 1.95 bits per heavy atom. The van der Waals surface area contributed by atoms with Crippen LogP contribution in [0.25, 0.3) is 0 Å². The van der Waals surface area contributed by atoms with Gasteiger partial charge in [0.1, 0.15) is 11.5 Å². The quantitative estimate of drug-likeness (QED) is 0.590. The van der Waals surface area contributed by atoms with Crippen LogP contribution in [0.1, 0.15) is 48.2 Å². The van der Waals surface area contributed by atoms with Crippen molar-refractivity contribution in [1.29, 1.82) is 0 Å². The van der Waals surface area contributed by atoms with Crippen molar-refractivity contribution < 1.29 is 15.0 Å². The van der Waals surface area contributed by atoms with Crippen LogP contribution in [0.2, 0.25) is 5.02 Å². The number of phenolic OH excluding ortho intramolecular Hbond substituents is 2. The second-order valence-corrected chi connectivity index (χ2v) is 5.39. The van der Waals surface area contributed by atoms with E-state index in [0.29, 0.717) is 18.3 Å². The van der Waals surface area contributed by atoms with Gasteiger partial charge in [-0.05, 0) is 45.6 Å². The summed E-state index contributed by atoms with van der Waals surface area (Å²) in [7, 11) is 0. The molecule has 0 radical (unpaired) electrons. The number of hydrogen-bond acceptors (Lipinski definition) is 3. The summed E-state index contributed by atoms with van der Waals surface area (Å²) in [6.07, 6.45) is 8.76. The molecule has 114 valence electrons. The van der Waals surface area contributed by atoms with E-state index < -0.39 is 0 Å². The number of benzene rings is 1. The number of aldehydes is 1. The average molecular weight is 309 g/mol. The third-order valence-corrected chi connectivity index (χ3v) is 3.94. The molecular formula is C17H21ClO3. The Labute approximate surface area is 130 Å². The molecule has 0 saturated carbocycles. The Kier molecular flexibility index (Phi) is 6.50. The van der Waals surface area contributed by atoms with Crippen molar-refractivity contribution in [3.63, 3.8) is 0 Å². The summed E-state index contributed by atoms with van der Waals surface area (Å²) in [6.45, 7) is 5.56. The zero-order chi connectivity index (χ0) is 16.0. The minimum Gasteiger partial charge on any atom is -0.507 e. The SMILES string of the molecule is C/C=C\CC/C(C)=C/Cc1c(O)c(Cl)c(C)c(C=O)c1O. The van der Waals surface area contributed by atoms with Gasteiger partial charge >= 0.3 is 0 Å². The molecule has 0 amide bonds. The predicted octanol–water partition coefficient (Wildman–Crippen LogP) is 4.72. The number of allylic oxidation sites excluding steroid dienone is 4. The van der Waals surface area contributed by atoms with Crippen LogP contribution in [-0.4, -0.2) is 16.5 Å². The van der Waals surface area contributed by atoms with Gasteiger partial charge in [-0.2, -0.15) is 0 Å². The van der Waals surface area contributed by atoms with Crippen molar-refractivity contribution in [2.24, 2.45) is 0 Å². The molecule has 1 rings (SSSR count). The first-order chi connectivity index (χ1) is 9.93. The standard InChI is InChI=1S/C17H21ClO3/c1-4-5-6-7-11(2)8-9-13-16(20)14(10-19)12(3)15(18)17(13)21/h4-5,8,10,20-21H,6-7,9H2,1-3H3/b5-4-,11-8+. The highest BCUT2D eigenvalue weighted by Crippen LogP contribution is 2.40. The fourth-order valence-electron chi connectivity index (χ4n) is 2.07. The maximum absolute atomic E-state index is 11.1. The predicted molar refractivity (Wildman–Crippen MR) is 86.4 cm³/mol. The monoisotopic (exact) mass is 308 g/mol. The first-order valence-electron chi connectivity index (χ1n) is 6.88. The Bertz CT molecular complexity index is 586. The highest BCUT2D eigenvalue weighted by Gasteiger charge is 2.19. The van der Waals surface area contributed by atoms with Crippen molar-refractivity contribution in [2.45, 2.75) is 40.0 Å². The van der Waals surface area contributed by atoms with Crippen LogP contribution in [0.3, 0.4) is 0 Å². The minimum atomic E-state index is -0.193. The van der Waals surface area contributed by atoms with Crippen LogP contribution in [-0.2, 0) is 6.42 Å². The maximum atomic E-state index is 11.1. The fourth-order valence-corrected chi connectivity index (χ4v) is 2.29. The first-order valence-corrected chi connectivity index (χ1v) is 7.26. The second kappa shape index (κ2) is 7.89. The highest BCUT2D eigenvalue weighted by atomic mass is 35.5. The van der Waals surface area contributed by atoms with Crippen molar-refractivity contribution in [2.75, 3.05) is 0 Å². The van der Waals surface area contributed by atoms with Crippen LogP contribution >= 0.6 is 11.6 Å². The van der Waals surface area contributed by atoms with Gasteiger partial charge in [0.15, 0.2) is 6.29 Å². The zero-order valence-corrected chi connectivity index (χ0v) is 13.4. The van der Waals surface area contributed by atoms with Gasteiger partial charge in [-0.3, -0.25) is 4.79 Å². The number of hydrogen-bond donors (Lipinski definition) is 2. The molecule has 4 heteroatoms. The van der Waals surface area contributed by atoms with E-state index in [-0.39, 0.29) is 27.6 Å². The van der Waals surface area contributed by atoms with E-state index in [2.05, 4.69) is 6.08 Å². The number of carbonyl (C=O) groups is 1. The number of aromatic hydroxyl groups is 2. The lowest BCUT2D eigenvalue weighted by Crippen LogP contribution is -1.96. The second-order valence-electron chi connectivity index (χ2n) is 5.01. The largest absolute Gasteiger partial charge is 0.507 e. The summed E-state index contributed by atoms with van der Waals surface area (Å²) in [5.74, 6) is -0.350. The summed E-state index contributed by atoms with van der Waals surface area (Å²) >= 11 is 6.01. The van der Waals surface area contributed by atoms with Gasteiger partial charge in [0.05, 0.1) is 10.6 Å². The molecule has 0 aromatic heterocycles. The molecule has 21 heavy (non-hydrogen) atoms. The molecule has 0 aliphatic rings. The number of phenols is 2. The van der Waals surface area contributed by atoms with Gasteiger partial charge < -0.3 is 10.2 Å². The van der Waals surface area contributed by atoms with Gasteiger partial charge in [-0.1, -0.05) is 35.4 Å². The van der Waals surface area contributed by atoms with Crippen molar-refractivity contribution in [1.82, 2.24) is 0 Å². The van der Waals surface area contributed by atoms with Gasteiger partial charge in [-0.25, -0.2) is 0 Å². The lowest BCUT2D eigenvalue weighted by atomic mass is 9.99. The van der Waals surface area contributed by atoms with E-state index >= 15 is 0 Å². The summed E-state index contributed by atoms with van der Waals surface area (Å²) < 4.78 is 0. The number of carbonyl (C=O) groups excluding carboxylic acids is 1. The van der Waals surface area contributed by atoms with Gasteiger partial charge in [-0.15, -0.1) is 0 Å². The van der Waals surface area contributed by atoms with Crippen LogP contribution in [0, 0.1) is 6.92 Å². The van der Waals surface area contributed by atoms with Gasteiger partial charge in [0.25, 0.3) is 0 Å². The molecule has 0 bridgehead atoms. The van der Waals surface area contributed by atoms with E-state index in [1.54, 1.807) is 6.92 Å². The average Bonchev–Trinajstić information content (AvgIpc) is 2.46. The van der Waals surface area contributed by atoms with Crippen LogP contribution < -0.4 is 0 Å². The Morgan fingerprint density at radius 1 is 1.29 bits per heavy atom. The minimum absolute atomic E-state index is 0.116. The fraction of sp³-hybridized carbons (Fsp3) is 0.353. The van der Waals surface area contributed by atoms with E-state index in [1.807, 2.05) is 26.0 Å². The highest BCUT2D eigenvalue weighted by molar-refractivity contribution is 6.33. The normalized spacial score (nSPS) is 12.1. The molecule has 0 spiro atoms. The molecule has 1 aromatic rings. The Balaban J connectivity index is 3.06. The Morgan fingerprint density at radius 3 is 2.52 bits per heavy atom. The molecule has 0 heterocycles. The third-order valence-electron chi connectivity index (χ3n) is 3.48. The molecule has 3 nitrogen and oxygen atoms in total. The molecule has 0 unspecified atom stereocenters. The smallest absolute Gasteiger partial charge is 0.154 e. The van der Waals surface area contributed by atoms with Gasteiger partial charge in [0.2, 0.25) is 0 Å². The zero-order valence-electron chi connectivity index (χ0n) is 12.6. The molecule has 2 N–H and O–H groups in total. The van der Waals surface area contributed by atoms with Crippen LogP contribution in [0.5, 0.6) is 11.5 Å². The number of halogens is 1. The van der Waals surface area contributed by atoms with Crippen LogP contribution in [0.4, 0.5) is 0 Å². The van der Waals surface area contributed by atoms with Gasteiger partial charge in [0, 0.05) is 5.56 Å². The molecular weight excluding hydrogens is 288 g/mol. The van der Waals surface area contributed by atoms with Crippen molar-refractivity contribution >= 4 is 17.9 Å². The molecule has 0 aliphatic heterocycles. The lowest BCUT2D eigenvalue weighted by molar-refractivity contribution is 0.112. The van der Waals surface area contributed by atoms with Crippen molar-refractivity contribution in [3.05, 3.63) is 45.5 Å². The maximum Gasteiger partial charge on any atom is 0.154 e. The van der Waals surface area contributed by atoms with E-state index in [0.717, 1.165) is 18.4 Å². The van der Waals surface area contributed by atoms with E-state index in [1.165, 1.54) is 0 Å².